The summed E-state index contributed by atoms with van der Waals surface area (Å²) in [6.45, 7) is 2.19. The average molecular weight is 242 g/mol. The Labute approximate surface area is 102 Å². The summed E-state index contributed by atoms with van der Waals surface area (Å²) in [6, 6.07) is 0.406. The van der Waals surface area contributed by atoms with Gasteiger partial charge in [0.1, 0.15) is 0 Å². The maximum atomic E-state index is 11.3. The maximum absolute atomic E-state index is 11.3. The van der Waals surface area contributed by atoms with Gasteiger partial charge < -0.3 is 15.7 Å². The molecule has 0 heterocycles. The van der Waals surface area contributed by atoms with E-state index in [1.54, 1.807) is 6.92 Å². The predicted octanol–water partition coefficient (Wildman–Crippen LogP) is 0.322. The van der Waals surface area contributed by atoms with E-state index in [2.05, 4.69) is 10.6 Å². The Bertz CT molecular complexity index is 262. The summed E-state index contributed by atoms with van der Waals surface area (Å²) >= 11 is 0. The monoisotopic (exact) mass is 242 g/mol. The third-order valence-corrected chi connectivity index (χ3v) is 2.63. The highest BCUT2D eigenvalue weighted by atomic mass is 16.3. The lowest BCUT2D eigenvalue weighted by atomic mass is 10.2. The fraction of sp³-hybridized carbons (Fsp3) is 0.833. The van der Waals surface area contributed by atoms with Gasteiger partial charge in [-0.3, -0.25) is 9.59 Å². The number of carbonyl (C=O) groups excluding carboxylic acids is 2. The van der Waals surface area contributed by atoms with Gasteiger partial charge in [-0.05, 0) is 32.6 Å². The number of hydrogen-bond acceptors (Lipinski definition) is 3. The van der Waals surface area contributed by atoms with Gasteiger partial charge in [0.05, 0.1) is 6.10 Å². The van der Waals surface area contributed by atoms with E-state index in [4.69, 9.17) is 5.11 Å². The van der Waals surface area contributed by atoms with Crippen molar-refractivity contribution in [3.8, 4) is 0 Å². The topological polar surface area (TPSA) is 78.4 Å². The first-order valence-electron chi connectivity index (χ1n) is 6.32. The molecule has 0 saturated heterocycles. The summed E-state index contributed by atoms with van der Waals surface area (Å²) in [5.41, 5.74) is 0. The number of rotatable bonds is 8. The zero-order valence-corrected chi connectivity index (χ0v) is 10.4. The second-order valence-corrected chi connectivity index (χ2v) is 4.68. The molecule has 17 heavy (non-hydrogen) atoms. The highest BCUT2D eigenvalue weighted by Crippen LogP contribution is 2.18. The number of aliphatic hydroxyl groups is 1. The third-order valence-electron chi connectivity index (χ3n) is 2.63. The molecule has 0 aromatic heterocycles. The fourth-order valence-corrected chi connectivity index (χ4v) is 1.43. The van der Waals surface area contributed by atoms with Crippen LogP contribution in [-0.2, 0) is 9.59 Å². The lowest BCUT2D eigenvalue weighted by Crippen LogP contribution is -2.28. The molecule has 0 aliphatic heterocycles. The van der Waals surface area contributed by atoms with Crippen LogP contribution in [0.3, 0.4) is 0 Å². The van der Waals surface area contributed by atoms with Gasteiger partial charge in [0.25, 0.3) is 0 Å². The van der Waals surface area contributed by atoms with Crippen LogP contribution >= 0.6 is 0 Å². The van der Waals surface area contributed by atoms with E-state index >= 15 is 0 Å². The van der Waals surface area contributed by atoms with Gasteiger partial charge in [-0.15, -0.1) is 0 Å². The normalized spacial score (nSPS) is 16.4. The molecule has 0 radical (unpaired) electrons. The summed E-state index contributed by atoms with van der Waals surface area (Å²) in [4.78, 5) is 22.6. The van der Waals surface area contributed by atoms with Crippen LogP contribution in [0.4, 0.5) is 0 Å². The van der Waals surface area contributed by atoms with Crippen molar-refractivity contribution in [1.82, 2.24) is 10.6 Å². The first-order valence-corrected chi connectivity index (χ1v) is 6.32. The van der Waals surface area contributed by atoms with Gasteiger partial charge in [0, 0.05) is 25.4 Å². The molecule has 1 aliphatic rings. The number of hydrogen-bond donors (Lipinski definition) is 3. The van der Waals surface area contributed by atoms with Crippen molar-refractivity contribution < 1.29 is 14.7 Å². The van der Waals surface area contributed by atoms with Gasteiger partial charge in [-0.2, -0.15) is 0 Å². The summed E-state index contributed by atoms with van der Waals surface area (Å²) in [6.07, 6.45) is 3.71. The number of amides is 2. The quantitative estimate of drug-likeness (QED) is 0.536. The van der Waals surface area contributed by atoms with Crippen molar-refractivity contribution in [2.45, 2.75) is 57.6 Å². The molecular formula is C12H22N2O3. The lowest BCUT2D eigenvalue weighted by Gasteiger charge is -2.06. The molecule has 1 rings (SSSR count). The van der Waals surface area contributed by atoms with Crippen LogP contribution in [0.2, 0.25) is 0 Å². The van der Waals surface area contributed by atoms with Gasteiger partial charge in [-0.1, -0.05) is 0 Å². The molecule has 98 valence electrons. The SMILES string of the molecule is CC(O)CCC(=O)NCCCC(=O)NC1CC1. The standard InChI is InChI=1S/C12H22N2O3/c1-9(15)4-7-11(16)13-8-2-3-12(17)14-10-5-6-10/h9-10,15H,2-8H2,1H3,(H,13,16)(H,14,17). The fourth-order valence-electron chi connectivity index (χ4n) is 1.43. The second-order valence-electron chi connectivity index (χ2n) is 4.68. The zero-order chi connectivity index (χ0) is 12.7. The van der Waals surface area contributed by atoms with E-state index in [1.165, 1.54) is 0 Å². The Balaban J connectivity index is 1.91. The highest BCUT2D eigenvalue weighted by molar-refractivity contribution is 5.77. The predicted molar refractivity (Wildman–Crippen MR) is 64.3 cm³/mol. The molecule has 0 spiro atoms. The van der Waals surface area contributed by atoms with Crippen molar-refractivity contribution in [3.05, 3.63) is 0 Å². The molecule has 5 heteroatoms. The number of carbonyl (C=O) groups is 2. The molecule has 1 atom stereocenters. The smallest absolute Gasteiger partial charge is 0.220 e. The summed E-state index contributed by atoms with van der Waals surface area (Å²) in [5.74, 6) is 0.0132. The molecular weight excluding hydrogens is 220 g/mol. The van der Waals surface area contributed by atoms with Crippen LogP contribution in [0.5, 0.6) is 0 Å². The van der Waals surface area contributed by atoms with E-state index in [0.29, 0.717) is 38.3 Å². The largest absolute Gasteiger partial charge is 0.393 e. The molecule has 3 N–H and O–H groups in total. The Hall–Kier alpha value is -1.10. The van der Waals surface area contributed by atoms with Crippen LogP contribution in [0, 0.1) is 0 Å². The van der Waals surface area contributed by atoms with Crippen LogP contribution in [0.1, 0.15) is 45.4 Å². The van der Waals surface area contributed by atoms with Gasteiger partial charge >= 0.3 is 0 Å². The van der Waals surface area contributed by atoms with Crippen molar-refractivity contribution >= 4 is 11.8 Å². The minimum atomic E-state index is -0.440. The summed E-state index contributed by atoms with van der Waals surface area (Å²) in [5, 5.41) is 14.6. The molecule has 1 unspecified atom stereocenters. The van der Waals surface area contributed by atoms with E-state index in [1.807, 2.05) is 0 Å². The molecule has 0 aromatic carbocycles. The molecule has 0 bridgehead atoms. The van der Waals surface area contributed by atoms with Gasteiger partial charge in [0.15, 0.2) is 0 Å². The Morgan fingerprint density at radius 3 is 2.59 bits per heavy atom. The second kappa shape index (κ2) is 7.27. The van der Waals surface area contributed by atoms with Crippen LogP contribution in [0.15, 0.2) is 0 Å². The van der Waals surface area contributed by atoms with Crippen LogP contribution in [0.25, 0.3) is 0 Å². The summed E-state index contributed by atoms with van der Waals surface area (Å²) in [7, 11) is 0. The number of nitrogens with one attached hydrogen (secondary N) is 2. The molecule has 5 nitrogen and oxygen atoms in total. The van der Waals surface area contributed by atoms with Crippen molar-refractivity contribution in [2.24, 2.45) is 0 Å². The minimum absolute atomic E-state index is 0.0616. The minimum Gasteiger partial charge on any atom is -0.393 e. The Morgan fingerprint density at radius 1 is 1.29 bits per heavy atom. The zero-order valence-electron chi connectivity index (χ0n) is 10.4. The molecule has 1 saturated carbocycles. The third kappa shape index (κ3) is 7.74. The van der Waals surface area contributed by atoms with E-state index in [9.17, 15) is 9.59 Å². The van der Waals surface area contributed by atoms with Crippen molar-refractivity contribution in [2.75, 3.05) is 6.54 Å². The molecule has 0 aromatic rings. The lowest BCUT2D eigenvalue weighted by molar-refractivity contribution is -0.123. The van der Waals surface area contributed by atoms with Crippen molar-refractivity contribution in [1.29, 1.82) is 0 Å². The van der Waals surface area contributed by atoms with E-state index in [0.717, 1.165) is 12.8 Å². The van der Waals surface area contributed by atoms with E-state index < -0.39 is 6.10 Å². The Morgan fingerprint density at radius 2 is 2.00 bits per heavy atom. The van der Waals surface area contributed by atoms with Crippen LogP contribution < -0.4 is 10.6 Å². The first kappa shape index (κ1) is 14.0. The summed E-state index contributed by atoms with van der Waals surface area (Å²) < 4.78 is 0. The Kier molecular flexibility index (Phi) is 5.97. The molecule has 1 aliphatic carbocycles. The number of aliphatic hydroxyl groups excluding tert-OH is 1. The average Bonchev–Trinajstić information content (AvgIpc) is 3.05. The van der Waals surface area contributed by atoms with Gasteiger partial charge in [-0.25, -0.2) is 0 Å². The van der Waals surface area contributed by atoms with Gasteiger partial charge in [0.2, 0.25) is 11.8 Å². The molecule has 2 amide bonds. The van der Waals surface area contributed by atoms with Crippen LogP contribution in [-0.4, -0.2) is 35.6 Å². The van der Waals surface area contributed by atoms with E-state index in [-0.39, 0.29) is 11.8 Å². The molecule has 1 fully saturated rings. The maximum Gasteiger partial charge on any atom is 0.220 e. The highest BCUT2D eigenvalue weighted by Gasteiger charge is 2.22. The first-order chi connectivity index (χ1) is 8.08. The van der Waals surface area contributed by atoms with Crippen molar-refractivity contribution in [3.63, 3.8) is 0 Å².